The molecule has 7 nitrogen and oxygen atoms in total. The topological polar surface area (TPSA) is 76.1 Å². The number of alkyl halides is 3. The Balaban J connectivity index is 1.30. The van der Waals surface area contributed by atoms with E-state index in [-0.39, 0.29) is 30.7 Å². The fraction of sp³-hybridized carbons (Fsp3) is 0.462. The number of carbonyl (C=O) groups is 2. The number of halogens is 4. The molecule has 2 aromatic carbocycles. The fourth-order valence-corrected chi connectivity index (χ4v) is 4.91. The Morgan fingerprint density at radius 2 is 1.65 bits per heavy atom. The molecule has 2 N–H and O–H groups in total. The number of hydrogen-bond acceptors (Lipinski definition) is 5. The van der Waals surface area contributed by atoms with E-state index in [2.05, 4.69) is 10.2 Å². The van der Waals surface area contributed by atoms with Crippen LogP contribution in [0.25, 0.3) is 0 Å². The van der Waals surface area contributed by atoms with Crippen molar-refractivity contribution in [2.24, 2.45) is 0 Å². The third-order valence-electron chi connectivity index (χ3n) is 7.07. The molecule has 0 saturated carbocycles. The van der Waals surface area contributed by atoms with Gasteiger partial charge in [0.15, 0.2) is 0 Å². The van der Waals surface area contributed by atoms with Crippen molar-refractivity contribution >= 4 is 17.5 Å². The van der Waals surface area contributed by atoms with E-state index in [1.54, 1.807) is 20.2 Å². The highest BCUT2D eigenvalue weighted by Gasteiger charge is 2.62. The average Bonchev–Trinajstić information content (AvgIpc) is 2.84. The molecule has 37 heavy (non-hydrogen) atoms. The molecule has 0 aromatic heterocycles. The molecule has 0 radical (unpaired) electrons. The van der Waals surface area contributed by atoms with Gasteiger partial charge in [-0.2, -0.15) is 13.2 Å². The summed E-state index contributed by atoms with van der Waals surface area (Å²) in [6.07, 6.45) is -4.19. The van der Waals surface area contributed by atoms with Crippen LogP contribution < -0.4 is 5.32 Å². The molecule has 2 aliphatic rings. The summed E-state index contributed by atoms with van der Waals surface area (Å²) in [5, 5.41) is 13.8. The van der Waals surface area contributed by atoms with Crippen LogP contribution in [0.4, 0.5) is 23.2 Å². The predicted octanol–water partition coefficient (Wildman–Crippen LogP) is 3.06. The number of aliphatic hydroxyl groups is 1. The number of nitrogens with zero attached hydrogens (tertiary/aromatic N) is 3. The molecule has 2 saturated heterocycles. The first-order valence-corrected chi connectivity index (χ1v) is 12.1. The molecule has 200 valence electrons. The van der Waals surface area contributed by atoms with Crippen molar-refractivity contribution in [3.63, 3.8) is 0 Å². The molecule has 2 amide bonds. The van der Waals surface area contributed by atoms with Crippen molar-refractivity contribution in [3.05, 3.63) is 65.5 Å². The first-order valence-electron chi connectivity index (χ1n) is 12.1. The van der Waals surface area contributed by atoms with E-state index >= 15 is 0 Å². The molecule has 2 heterocycles. The zero-order valence-corrected chi connectivity index (χ0v) is 20.6. The Morgan fingerprint density at radius 3 is 2.19 bits per heavy atom. The summed E-state index contributed by atoms with van der Waals surface area (Å²) in [5.74, 6) is -2.38. The zero-order valence-electron chi connectivity index (χ0n) is 20.6. The third-order valence-corrected chi connectivity index (χ3v) is 7.07. The van der Waals surface area contributed by atoms with Gasteiger partial charge in [-0.1, -0.05) is 30.3 Å². The highest BCUT2D eigenvalue weighted by atomic mass is 19.4. The van der Waals surface area contributed by atoms with Crippen molar-refractivity contribution in [1.82, 2.24) is 14.7 Å². The largest absolute Gasteiger partial charge is 0.430 e. The second kappa shape index (κ2) is 10.3. The van der Waals surface area contributed by atoms with Crippen LogP contribution in [-0.2, 0) is 10.4 Å². The lowest BCUT2D eigenvalue weighted by Gasteiger charge is -2.48. The van der Waals surface area contributed by atoms with Gasteiger partial charge < -0.3 is 20.2 Å². The number of rotatable bonds is 6. The molecular formula is C26H30F4N4O3. The lowest BCUT2D eigenvalue weighted by molar-refractivity contribution is -0.262. The maximum Gasteiger partial charge on any atom is 0.430 e. The number of likely N-dealkylation sites (tertiary alicyclic amines) is 2. The highest BCUT2D eigenvalue weighted by molar-refractivity contribution is 5.94. The predicted molar refractivity (Wildman–Crippen MR) is 129 cm³/mol. The summed E-state index contributed by atoms with van der Waals surface area (Å²) in [6, 6.07) is 11.0. The number of nitrogens with one attached hydrogen (secondary N) is 1. The Kier molecular flexibility index (Phi) is 7.48. The first kappa shape index (κ1) is 26.9. The van der Waals surface area contributed by atoms with E-state index in [4.69, 9.17) is 0 Å². The summed E-state index contributed by atoms with van der Waals surface area (Å²) in [6.45, 7) is 1.54. The van der Waals surface area contributed by atoms with Gasteiger partial charge in [0.25, 0.3) is 17.4 Å². The summed E-state index contributed by atoms with van der Waals surface area (Å²) < 4.78 is 55.9. The van der Waals surface area contributed by atoms with Gasteiger partial charge in [-0.25, -0.2) is 4.39 Å². The van der Waals surface area contributed by atoms with E-state index in [1.165, 1.54) is 35.2 Å². The number of hydrogen-bond donors (Lipinski definition) is 2. The minimum absolute atomic E-state index is 0.00298. The summed E-state index contributed by atoms with van der Waals surface area (Å²) in [5.41, 5.74) is -3.53. The first-order chi connectivity index (χ1) is 17.4. The Bertz CT molecular complexity index is 1130. The van der Waals surface area contributed by atoms with Crippen molar-refractivity contribution in [1.29, 1.82) is 0 Å². The Morgan fingerprint density at radius 1 is 1.03 bits per heavy atom. The third kappa shape index (κ3) is 5.28. The second-order valence-corrected chi connectivity index (χ2v) is 9.79. The van der Waals surface area contributed by atoms with Crippen molar-refractivity contribution in [2.45, 2.75) is 36.7 Å². The smallest absolute Gasteiger partial charge is 0.380 e. The van der Waals surface area contributed by atoms with Crippen LogP contribution in [0.3, 0.4) is 0 Å². The molecule has 11 heteroatoms. The molecule has 0 bridgehead atoms. The van der Waals surface area contributed by atoms with Crippen molar-refractivity contribution < 1.29 is 32.3 Å². The van der Waals surface area contributed by atoms with Crippen LogP contribution >= 0.6 is 0 Å². The molecule has 2 aliphatic heterocycles. The summed E-state index contributed by atoms with van der Waals surface area (Å²) in [4.78, 5) is 29.4. The van der Waals surface area contributed by atoms with Gasteiger partial charge >= 0.3 is 6.18 Å². The van der Waals surface area contributed by atoms with Crippen LogP contribution in [0.5, 0.6) is 0 Å². The fourth-order valence-electron chi connectivity index (χ4n) is 4.91. The molecule has 0 unspecified atom stereocenters. The molecule has 1 atom stereocenters. The quantitative estimate of drug-likeness (QED) is 0.571. The summed E-state index contributed by atoms with van der Waals surface area (Å²) in [7, 11) is 3.11. The highest BCUT2D eigenvalue weighted by Crippen LogP contribution is 2.41. The van der Waals surface area contributed by atoms with E-state index in [1.807, 2.05) is 0 Å². The van der Waals surface area contributed by atoms with Gasteiger partial charge in [-0.05, 0) is 31.0 Å². The lowest BCUT2D eigenvalue weighted by atomic mass is 9.89. The van der Waals surface area contributed by atoms with Crippen LogP contribution in [-0.4, -0.2) is 90.2 Å². The number of piperidine rings is 1. The van der Waals surface area contributed by atoms with Crippen molar-refractivity contribution in [3.8, 4) is 0 Å². The monoisotopic (exact) mass is 522 g/mol. The van der Waals surface area contributed by atoms with Crippen molar-refractivity contribution in [2.75, 3.05) is 45.6 Å². The van der Waals surface area contributed by atoms with Crippen LogP contribution in [0, 0.1) is 5.82 Å². The number of anilines is 1. The van der Waals surface area contributed by atoms with E-state index < -0.39 is 35.0 Å². The molecular weight excluding hydrogens is 492 g/mol. The van der Waals surface area contributed by atoms with Crippen LogP contribution in [0.2, 0.25) is 0 Å². The van der Waals surface area contributed by atoms with E-state index in [9.17, 15) is 32.3 Å². The normalized spacial score (nSPS) is 19.2. The maximum absolute atomic E-state index is 14.4. The van der Waals surface area contributed by atoms with Gasteiger partial charge in [-0.15, -0.1) is 0 Å². The number of carbonyl (C=O) groups excluding carboxylic acids is 2. The SMILES string of the molecule is CN(C)C(=O)c1ccc(NC2CN(C3CCN(C(=O)[C@](O)(c4ccccc4)C(F)(F)F)CC3)C2)cc1F. The molecule has 0 spiro atoms. The number of benzene rings is 2. The average molecular weight is 523 g/mol. The van der Waals surface area contributed by atoms with Gasteiger partial charge in [0.2, 0.25) is 0 Å². The van der Waals surface area contributed by atoms with E-state index in [0.29, 0.717) is 31.6 Å². The zero-order chi connectivity index (χ0) is 27.0. The maximum atomic E-state index is 14.4. The standard InChI is InChI=1S/C26H30F4N4O3/c1-32(2)23(35)21-9-8-18(14-22(21)27)31-19-15-34(16-19)20-10-12-33(13-11-20)24(36)25(37,26(28,29)30)17-6-4-3-5-7-17/h3-9,14,19-20,31,37H,10-13,15-16H2,1-2H3/t25-/m1/s1. The van der Waals surface area contributed by atoms with Gasteiger partial charge in [-0.3, -0.25) is 14.5 Å². The molecule has 4 rings (SSSR count). The summed E-state index contributed by atoms with van der Waals surface area (Å²) >= 11 is 0. The molecule has 2 aromatic rings. The minimum atomic E-state index is -5.16. The van der Waals surface area contributed by atoms with Gasteiger partial charge in [0, 0.05) is 57.6 Å². The Labute approximate surface area is 212 Å². The van der Waals surface area contributed by atoms with Crippen LogP contribution in [0.1, 0.15) is 28.8 Å². The molecule has 2 fully saturated rings. The second-order valence-electron chi connectivity index (χ2n) is 9.79. The minimum Gasteiger partial charge on any atom is -0.380 e. The lowest BCUT2D eigenvalue weighted by Crippen LogP contribution is -2.62. The van der Waals surface area contributed by atoms with E-state index in [0.717, 1.165) is 17.0 Å². The Hall–Kier alpha value is -3.18. The number of amides is 2. The molecule has 0 aliphatic carbocycles. The van der Waals surface area contributed by atoms with Gasteiger partial charge in [0.1, 0.15) is 5.82 Å². The van der Waals surface area contributed by atoms with Gasteiger partial charge in [0.05, 0.1) is 11.6 Å². The van der Waals surface area contributed by atoms with Crippen LogP contribution in [0.15, 0.2) is 48.5 Å².